The number of phenols is 1. The zero-order valence-electron chi connectivity index (χ0n) is 14.7. The molecule has 3 N–H and O–H groups in total. The Bertz CT molecular complexity index is 535. The summed E-state index contributed by atoms with van der Waals surface area (Å²) >= 11 is 0. The fourth-order valence-corrected chi connectivity index (χ4v) is 3.01. The van der Waals surface area contributed by atoms with Crippen LogP contribution >= 0.6 is 24.0 Å². The smallest absolute Gasteiger partial charge is 0.191 e. The maximum atomic E-state index is 10.2. The first-order valence-electron chi connectivity index (χ1n) is 8.61. The highest BCUT2D eigenvalue weighted by atomic mass is 127. The molecular formula is C18H30IN3O2. The third kappa shape index (κ3) is 6.12. The summed E-state index contributed by atoms with van der Waals surface area (Å²) in [5, 5.41) is 16.8. The predicted molar refractivity (Wildman–Crippen MR) is 109 cm³/mol. The minimum Gasteiger partial charge on any atom is -0.508 e. The van der Waals surface area contributed by atoms with Crippen LogP contribution in [0.1, 0.15) is 42.9 Å². The number of hydrogen-bond acceptors (Lipinski definition) is 3. The van der Waals surface area contributed by atoms with Crippen LogP contribution in [0.5, 0.6) is 5.75 Å². The average molecular weight is 447 g/mol. The van der Waals surface area contributed by atoms with Gasteiger partial charge in [0.1, 0.15) is 5.75 Å². The molecule has 0 amide bonds. The van der Waals surface area contributed by atoms with E-state index in [4.69, 9.17) is 4.74 Å². The number of hydrogen-bond donors (Lipinski definition) is 3. The van der Waals surface area contributed by atoms with E-state index in [9.17, 15) is 5.11 Å². The SMILES string of the molecule is CCOCCCNC(=NC)NCc1c(O)ccc2c1CCCC2.I. The maximum Gasteiger partial charge on any atom is 0.191 e. The van der Waals surface area contributed by atoms with Crippen LogP contribution in [0.4, 0.5) is 0 Å². The zero-order chi connectivity index (χ0) is 16.5. The number of aromatic hydroxyl groups is 1. The first-order valence-corrected chi connectivity index (χ1v) is 8.61. The zero-order valence-corrected chi connectivity index (χ0v) is 17.1. The predicted octanol–water partition coefficient (Wildman–Crippen LogP) is 2.98. The summed E-state index contributed by atoms with van der Waals surface area (Å²) in [5.74, 6) is 1.14. The minimum atomic E-state index is 0. The van der Waals surface area contributed by atoms with Gasteiger partial charge in [-0.15, -0.1) is 24.0 Å². The summed E-state index contributed by atoms with van der Waals surface area (Å²) in [5.41, 5.74) is 3.71. The molecular weight excluding hydrogens is 417 g/mol. The van der Waals surface area contributed by atoms with Crippen molar-refractivity contribution < 1.29 is 9.84 Å². The van der Waals surface area contributed by atoms with Crippen molar-refractivity contribution in [2.45, 2.75) is 45.6 Å². The van der Waals surface area contributed by atoms with Crippen molar-refractivity contribution in [1.29, 1.82) is 0 Å². The lowest BCUT2D eigenvalue weighted by Gasteiger charge is -2.21. The highest BCUT2D eigenvalue weighted by Crippen LogP contribution is 2.30. The summed E-state index contributed by atoms with van der Waals surface area (Å²) in [6, 6.07) is 3.88. The van der Waals surface area contributed by atoms with Crippen LogP contribution in [0.2, 0.25) is 0 Å². The summed E-state index contributed by atoms with van der Waals surface area (Å²) < 4.78 is 5.32. The Hall–Kier alpha value is -1.02. The largest absolute Gasteiger partial charge is 0.508 e. The molecule has 5 nitrogen and oxygen atoms in total. The number of guanidine groups is 1. The molecule has 0 aromatic heterocycles. The molecule has 1 aliphatic carbocycles. The number of aliphatic imine (C=N–C) groups is 1. The third-order valence-corrected chi connectivity index (χ3v) is 4.24. The second-order valence-electron chi connectivity index (χ2n) is 5.81. The van der Waals surface area contributed by atoms with E-state index in [1.54, 1.807) is 7.05 Å². The van der Waals surface area contributed by atoms with Gasteiger partial charge in [-0.25, -0.2) is 0 Å². The van der Waals surface area contributed by atoms with Gasteiger partial charge in [-0.3, -0.25) is 4.99 Å². The lowest BCUT2D eigenvalue weighted by atomic mass is 9.88. The number of phenolic OH excluding ortho intramolecular Hbond substituents is 1. The number of benzene rings is 1. The van der Waals surface area contributed by atoms with E-state index in [1.165, 1.54) is 24.0 Å². The molecule has 2 rings (SSSR count). The number of halogens is 1. The highest BCUT2D eigenvalue weighted by molar-refractivity contribution is 14.0. The Kier molecular flexibility index (Phi) is 10.1. The van der Waals surface area contributed by atoms with Crippen molar-refractivity contribution >= 4 is 29.9 Å². The molecule has 0 radical (unpaired) electrons. The third-order valence-electron chi connectivity index (χ3n) is 4.24. The lowest BCUT2D eigenvalue weighted by Crippen LogP contribution is -2.37. The lowest BCUT2D eigenvalue weighted by molar-refractivity contribution is 0.145. The first-order chi connectivity index (χ1) is 11.3. The average Bonchev–Trinajstić information content (AvgIpc) is 2.58. The molecule has 0 saturated carbocycles. The normalized spacial score (nSPS) is 13.8. The van der Waals surface area contributed by atoms with E-state index in [2.05, 4.69) is 21.7 Å². The molecule has 0 unspecified atom stereocenters. The van der Waals surface area contributed by atoms with Crippen LogP contribution in [0.3, 0.4) is 0 Å². The molecule has 1 aromatic carbocycles. The standard InChI is InChI=1S/C18H29N3O2.HI/c1-3-23-12-6-11-20-18(19-2)21-13-16-15-8-5-4-7-14(15)9-10-17(16)22;/h9-10,22H,3-8,11-13H2,1-2H3,(H2,19,20,21);1H. The molecule has 0 bridgehead atoms. The Labute approximate surface area is 162 Å². The van der Waals surface area contributed by atoms with Crippen LogP contribution in [0.25, 0.3) is 0 Å². The molecule has 0 spiro atoms. The Morgan fingerprint density at radius 3 is 2.79 bits per heavy atom. The van der Waals surface area contributed by atoms with Gasteiger partial charge >= 0.3 is 0 Å². The fraction of sp³-hybridized carbons (Fsp3) is 0.611. The van der Waals surface area contributed by atoms with Gasteiger partial charge < -0.3 is 20.5 Å². The van der Waals surface area contributed by atoms with E-state index in [0.29, 0.717) is 12.3 Å². The molecule has 136 valence electrons. The molecule has 0 heterocycles. The number of rotatable bonds is 7. The van der Waals surface area contributed by atoms with Crippen molar-refractivity contribution in [3.8, 4) is 5.75 Å². The molecule has 0 fully saturated rings. The van der Waals surface area contributed by atoms with Gasteiger partial charge in [0.25, 0.3) is 0 Å². The van der Waals surface area contributed by atoms with Gasteiger partial charge in [0.05, 0.1) is 0 Å². The Morgan fingerprint density at radius 2 is 2.04 bits per heavy atom. The fourth-order valence-electron chi connectivity index (χ4n) is 3.01. The minimum absolute atomic E-state index is 0. The van der Waals surface area contributed by atoms with Crippen LogP contribution in [-0.4, -0.2) is 37.9 Å². The number of aryl methyl sites for hydroxylation is 1. The van der Waals surface area contributed by atoms with Gasteiger partial charge in [0.15, 0.2) is 5.96 Å². The second-order valence-corrected chi connectivity index (χ2v) is 5.81. The molecule has 0 saturated heterocycles. The molecule has 0 aliphatic heterocycles. The Morgan fingerprint density at radius 1 is 1.25 bits per heavy atom. The van der Waals surface area contributed by atoms with Crippen LogP contribution < -0.4 is 10.6 Å². The molecule has 1 aliphatic rings. The number of nitrogens with one attached hydrogen (secondary N) is 2. The summed E-state index contributed by atoms with van der Waals surface area (Å²) in [7, 11) is 1.76. The summed E-state index contributed by atoms with van der Waals surface area (Å²) in [6.07, 6.45) is 5.57. The summed E-state index contributed by atoms with van der Waals surface area (Å²) in [6.45, 7) is 4.93. The highest BCUT2D eigenvalue weighted by Gasteiger charge is 2.16. The van der Waals surface area contributed by atoms with E-state index >= 15 is 0 Å². The van der Waals surface area contributed by atoms with E-state index in [0.717, 1.165) is 50.5 Å². The first kappa shape index (κ1) is 21.0. The van der Waals surface area contributed by atoms with Gasteiger partial charge in [-0.1, -0.05) is 6.07 Å². The van der Waals surface area contributed by atoms with E-state index in [-0.39, 0.29) is 24.0 Å². The van der Waals surface area contributed by atoms with Crippen LogP contribution in [0, 0.1) is 0 Å². The monoisotopic (exact) mass is 447 g/mol. The molecule has 6 heteroatoms. The quantitative estimate of drug-likeness (QED) is 0.260. The van der Waals surface area contributed by atoms with Gasteiger partial charge in [0.2, 0.25) is 0 Å². The van der Waals surface area contributed by atoms with Crippen molar-refractivity contribution in [3.05, 3.63) is 28.8 Å². The van der Waals surface area contributed by atoms with Crippen molar-refractivity contribution in [2.24, 2.45) is 4.99 Å². The number of fused-ring (bicyclic) bond motifs is 1. The number of ether oxygens (including phenoxy) is 1. The van der Waals surface area contributed by atoms with E-state index in [1.807, 2.05) is 13.0 Å². The van der Waals surface area contributed by atoms with Crippen molar-refractivity contribution in [1.82, 2.24) is 10.6 Å². The van der Waals surface area contributed by atoms with Gasteiger partial charge in [0, 0.05) is 38.9 Å². The maximum absolute atomic E-state index is 10.2. The van der Waals surface area contributed by atoms with Crippen LogP contribution in [0.15, 0.2) is 17.1 Å². The summed E-state index contributed by atoms with van der Waals surface area (Å²) in [4.78, 5) is 4.23. The second kappa shape index (κ2) is 11.5. The van der Waals surface area contributed by atoms with Gasteiger partial charge in [-0.2, -0.15) is 0 Å². The van der Waals surface area contributed by atoms with Crippen molar-refractivity contribution in [3.63, 3.8) is 0 Å². The topological polar surface area (TPSA) is 65.9 Å². The van der Waals surface area contributed by atoms with Gasteiger partial charge in [-0.05, 0) is 56.2 Å². The van der Waals surface area contributed by atoms with Crippen LogP contribution in [-0.2, 0) is 24.1 Å². The number of nitrogens with zero attached hydrogens (tertiary/aromatic N) is 1. The molecule has 0 atom stereocenters. The Balaban J connectivity index is 0.00000288. The van der Waals surface area contributed by atoms with E-state index < -0.39 is 0 Å². The molecule has 24 heavy (non-hydrogen) atoms. The molecule has 1 aromatic rings. The van der Waals surface area contributed by atoms with Crippen molar-refractivity contribution in [2.75, 3.05) is 26.8 Å².